The van der Waals surface area contributed by atoms with Gasteiger partial charge < -0.3 is 4.90 Å². The molecule has 1 fully saturated rings. The Hall–Kier alpha value is 0.270. The van der Waals surface area contributed by atoms with Crippen LogP contribution in [-0.2, 0) is 0 Å². The maximum Gasteiger partial charge on any atom is 0.0438 e. The van der Waals surface area contributed by atoms with E-state index in [1.807, 2.05) is 11.8 Å². The molecule has 1 heterocycles. The van der Waals surface area contributed by atoms with Crippen LogP contribution in [0.25, 0.3) is 0 Å². The van der Waals surface area contributed by atoms with E-state index < -0.39 is 0 Å². The van der Waals surface area contributed by atoms with Gasteiger partial charge in [-0.15, -0.1) is 11.8 Å². The highest BCUT2D eigenvalue weighted by Gasteiger charge is 2.18. The molecule has 0 aromatic heterocycles. The summed E-state index contributed by atoms with van der Waals surface area (Å²) in [6.07, 6.45) is 4.97. The van der Waals surface area contributed by atoms with Crippen LogP contribution in [0.3, 0.4) is 0 Å². The first kappa shape index (κ1) is 12.3. The van der Waals surface area contributed by atoms with Crippen molar-refractivity contribution in [2.75, 3.05) is 45.4 Å². The Morgan fingerprint density at radius 2 is 2.00 bits per heavy atom. The zero-order valence-corrected chi connectivity index (χ0v) is 10.6. The molecule has 1 rings (SSSR count). The first-order chi connectivity index (χ1) is 6.76. The van der Waals surface area contributed by atoms with Crippen LogP contribution in [0.15, 0.2) is 0 Å². The predicted molar refractivity (Wildman–Crippen MR) is 65.9 cm³/mol. The Bertz CT molecular complexity index is 144. The molecule has 14 heavy (non-hydrogen) atoms. The molecule has 0 bridgehead atoms. The number of piperidine rings is 1. The van der Waals surface area contributed by atoms with Crippen molar-refractivity contribution in [3.8, 4) is 0 Å². The van der Waals surface area contributed by atoms with E-state index in [0.29, 0.717) is 0 Å². The number of rotatable bonds is 5. The third kappa shape index (κ3) is 4.20. The Labute approximate surface area is 93.0 Å². The lowest BCUT2D eigenvalue weighted by Gasteiger charge is -2.33. The van der Waals surface area contributed by atoms with E-state index in [4.69, 9.17) is 0 Å². The molecule has 0 amide bonds. The maximum absolute atomic E-state index is 2.56. The van der Waals surface area contributed by atoms with Crippen molar-refractivity contribution in [3.05, 3.63) is 0 Å². The average molecular weight is 216 g/mol. The normalized spacial score (nSPS) is 20.6. The lowest BCUT2D eigenvalue weighted by molar-refractivity contribution is 0.167. The molecule has 0 atom stereocenters. The van der Waals surface area contributed by atoms with Crippen LogP contribution in [0, 0.1) is 5.92 Å². The van der Waals surface area contributed by atoms with Gasteiger partial charge in [0.1, 0.15) is 0 Å². The zero-order valence-electron chi connectivity index (χ0n) is 9.83. The molecule has 0 N–H and O–H groups in total. The number of thioether (sulfide) groups is 1. The molecule has 2 nitrogen and oxygen atoms in total. The largest absolute Gasteiger partial charge is 0.304 e. The van der Waals surface area contributed by atoms with Crippen LogP contribution >= 0.6 is 11.8 Å². The fraction of sp³-hybridized carbons (Fsp3) is 1.00. The Morgan fingerprint density at radius 3 is 2.50 bits per heavy atom. The molecular formula is C11H24N2S. The van der Waals surface area contributed by atoms with Gasteiger partial charge in [-0.3, -0.25) is 4.90 Å². The lowest BCUT2D eigenvalue weighted by Crippen LogP contribution is -2.37. The first-order valence-electron chi connectivity index (χ1n) is 5.66. The van der Waals surface area contributed by atoms with Crippen molar-refractivity contribution in [2.45, 2.75) is 19.8 Å². The Balaban J connectivity index is 2.15. The first-order valence-corrected chi connectivity index (χ1v) is 7.05. The van der Waals surface area contributed by atoms with Gasteiger partial charge in [-0.05, 0) is 51.7 Å². The summed E-state index contributed by atoms with van der Waals surface area (Å²) >= 11 is 1.92. The van der Waals surface area contributed by atoms with Crippen LogP contribution in [0.4, 0.5) is 0 Å². The summed E-state index contributed by atoms with van der Waals surface area (Å²) in [4.78, 5) is 5.02. The minimum atomic E-state index is 0.940. The van der Waals surface area contributed by atoms with E-state index in [9.17, 15) is 0 Å². The molecule has 0 radical (unpaired) electrons. The third-order valence-electron chi connectivity index (χ3n) is 3.07. The molecule has 0 spiro atoms. The van der Waals surface area contributed by atoms with Crippen molar-refractivity contribution < 1.29 is 0 Å². The van der Waals surface area contributed by atoms with E-state index in [1.54, 1.807) is 0 Å². The molecule has 1 aliphatic heterocycles. The molecule has 0 aromatic rings. The second kappa shape index (κ2) is 6.70. The van der Waals surface area contributed by atoms with Gasteiger partial charge in [-0.2, -0.15) is 0 Å². The molecule has 0 aliphatic carbocycles. The molecule has 3 heteroatoms. The number of hydrogen-bond donors (Lipinski definition) is 0. The fourth-order valence-electron chi connectivity index (χ4n) is 2.20. The van der Waals surface area contributed by atoms with Crippen molar-refractivity contribution in [1.82, 2.24) is 9.80 Å². The zero-order chi connectivity index (χ0) is 10.4. The van der Waals surface area contributed by atoms with Crippen LogP contribution in [0.5, 0.6) is 0 Å². The maximum atomic E-state index is 2.56. The summed E-state index contributed by atoms with van der Waals surface area (Å²) in [5, 5.41) is 0. The van der Waals surface area contributed by atoms with Gasteiger partial charge in [0, 0.05) is 12.4 Å². The minimum absolute atomic E-state index is 0.940. The van der Waals surface area contributed by atoms with E-state index in [2.05, 4.69) is 30.0 Å². The lowest BCUT2D eigenvalue weighted by atomic mass is 9.96. The van der Waals surface area contributed by atoms with E-state index in [0.717, 1.165) is 5.92 Å². The number of nitrogens with zero attached hydrogens (tertiary/aromatic N) is 2. The second-order valence-corrected chi connectivity index (χ2v) is 5.17. The van der Waals surface area contributed by atoms with Gasteiger partial charge in [0.2, 0.25) is 0 Å². The highest BCUT2D eigenvalue weighted by molar-refractivity contribution is 7.98. The molecule has 1 saturated heterocycles. The quantitative estimate of drug-likeness (QED) is 0.649. The van der Waals surface area contributed by atoms with Crippen LogP contribution < -0.4 is 0 Å². The Morgan fingerprint density at radius 1 is 1.36 bits per heavy atom. The Kier molecular flexibility index (Phi) is 5.90. The van der Waals surface area contributed by atoms with Crippen molar-refractivity contribution in [2.24, 2.45) is 5.92 Å². The third-order valence-corrected chi connectivity index (χ3v) is 3.77. The summed E-state index contributed by atoms with van der Waals surface area (Å²) in [5.74, 6) is 2.11. The van der Waals surface area contributed by atoms with Crippen molar-refractivity contribution in [1.29, 1.82) is 0 Å². The SMILES string of the molecule is CCN1CCC(CN(C)CSC)CC1. The smallest absolute Gasteiger partial charge is 0.0438 e. The van der Waals surface area contributed by atoms with Crippen LogP contribution in [0.1, 0.15) is 19.8 Å². The topological polar surface area (TPSA) is 6.48 Å². The summed E-state index contributed by atoms with van der Waals surface area (Å²) in [5.41, 5.74) is 0. The summed E-state index contributed by atoms with van der Waals surface area (Å²) in [6, 6.07) is 0. The standard InChI is InChI=1S/C11H24N2S/c1-4-13-7-5-11(6-8-13)9-12(2)10-14-3/h11H,4-10H2,1-3H3. The summed E-state index contributed by atoms with van der Waals surface area (Å²) in [7, 11) is 2.24. The highest BCUT2D eigenvalue weighted by atomic mass is 32.2. The highest BCUT2D eigenvalue weighted by Crippen LogP contribution is 2.18. The van der Waals surface area contributed by atoms with E-state index in [-0.39, 0.29) is 0 Å². The molecular weight excluding hydrogens is 192 g/mol. The summed E-state index contributed by atoms with van der Waals surface area (Å²) < 4.78 is 0. The minimum Gasteiger partial charge on any atom is -0.304 e. The van der Waals surface area contributed by atoms with Crippen molar-refractivity contribution in [3.63, 3.8) is 0 Å². The molecule has 1 aliphatic rings. The van der Waals surface area contributed by atoms with Crippen LogP contribution in [-0.4, -0.2) is 55.2 Å². The van der Waals surface area contributed by atoms with Crippen molar-refractivity contribution >= 4 is 11.8 Å². The van der Waals surface area contributed by atoms with Gasteiger partial charge in [0.15, 0.2) is 0 Å². The van der Waals surface area contributed by atoms with Gasteiger partial charge >= 0.3 is 0 Å². The van der Waals surface area contributed by atoms with E-state index in [1.165, 1.54) is 44.9 Å². The van der Waals surface area contributed by atoms with Gasteiger partial charge in [0.05, 0.1) is 0 Å². The van der Waals surface area contributed by atoms with Gasteiger partial charge in [-0.1, -0.05) is 6.92 Å². The average Bonchev–Trinajstić information content (AvgIpc) is 2.19. The van der Waals surface area contributed by atoms with Gasteiger partial charge in [-0.25, -0.2) is 0 Å². The monoisotopic (exact) mass is 216 g/mol. The molecule has 84 valence electrons. The van der Waals surface area contributed by atoms with E-state index >= 15 is 0 Å². The summed E-state index contributed by atoms with van der Waals surface area (Å²) in [6.45, 7) is 7.41. The second-order valence-electron chi connectivity index (χ2n) is 4.33. The fourth-order valence-corrected chi connectivity index (χ4v) is 2.75. The molecule has 0 unspecified atom stereocenters. The predicted octanol–water partition coefficient (Wildman–Crippen LogP) is 1.97. The number of likely N-dealkylation sites (tertiary alicyclic amines) is 1. The number of hydrogen-bond acceptors (Lipinski definition) is 3. The molecule has 0 saturated carbocycles. The van der Waals surface area contributed by atoms with Gasteiger partial charge in [0.25, 0.3) is 0 Å². The van der Waals surface area contributed by atoms with Crippen LogP contribution in [0.2, 0.25) is 0 Å². The molecule has 0 aromatic carbocycles.